The van der Waals surface area contributed by atoms with Crippen LogP contribution < -0.4 is 10.2 Å². The highest BCUT2D eigenvalue weighted by Gasteiger charge is 2.39. The number of nitrogens with zero attached hydrogens (tertiary/aromatic N) is 6. The fraction of sp³-hybridized carbons (Fsp3) is 0.467. The summed E-state index contributed by atoms with van der Waals surface area (Å²) in [7, 11) is 1.60. The number of likely N-dealkylation sites (N-methyl/N-ethyl adjacent to an activating group) is 1. The molecule has 1 atom stereocenters. The Bertz CT molecular complexity index is 1450. The number of nitrogens with one attached hydrogen (secondary N) is 1. The first-order valence-corrected chi connectivity index (χ1v) is 13.7. The number of ether oxygens (including phenoxy) is 1. The third-order valence-electron chi connectivity index (χ3n) is 6.92. The Morgan fingerprint density at radius 3 is 2.51 bits per heavy atom. The Hall–Kier alpha value is -4.28. The fourth-order valence-corrected chi connectivity index (χ4v) is 4.59. The average Bonchev–Trinajstić information content (AvgIpc) is 3.54. The zero-order chi connectivity index (χ0) is 30.1. The van der Waals surface area contributed by atoms with Gasteiger partial charge in [-0.2, -0.15) is 0 Å². The Morgan fingerprint density at radius 2 is 1.88 bits per heavy atom. The van der Waals surface area contributed by atoms with Crippen LogP contribution in [-0.2, 0) is 21.6 Å². The molecule has 11 heteroatoms. The summed E-state index contributed by atoms with van der Waals surface area (Å²) in [5, 5.41) is 11.0. The van der Waals surface area contributed by atoms with Crippen molar-refractivity contribution in [2.24, 2.45) is 0 Å². The molecule has 0 saturated carbocycles. The molecule has 3 amide bonds. The van der Waals surface area contributed by atoms with Crippen LogP contribution in [0.2, 0.25) is 0 Å². The lowest BCUT2D eigenvalue weighted by Crippen LogP contribution is -2.45. The van der Waals surface area contributed by atoms with Crippen LogP contribution in [0.1, 0.15) is 69.6 Å². The van der Waals surface area contributed by atoms with E-state index in [4.69, 9.17) is 4.74 Å². The number of benzene rings is 1. The third-order valence-corrected chi connectivity index (χ3v) is 6.92. The average molecular weight is 562 g/mol. The number of aromatic nitrogens is 4. The van der Waals surface area contributed by atoms with E-state index in [0.717, 1.165) is 22.3 Å². The lowest BCUT2D eigenvalue weighted by Gasteiger charge is -2.28. The second-order valence-electron chi connectivity index (χ2n) is 12.3. The number of anilines is 1. The normalized spacial score (nSPS) is 15.7. The molecular formula is C30H39N7O4. The number of amides is 3. The third kappa shape index (κ3) is 6.72. The van der Waals surface area contributed by atoms with Gasteiger partial charge in [-0.15, -0.1) is 5.10 Å². The highest BCUT2D eigenvalue weighted by atomic mass is 16.6. The van der Waals surface area contributed by atoms with Crippen molar-refractivity contribution in [3.8, 4) is 11.1 Å². The summed E-state index contributed by atoms with van der Waals surface area (Å²) in [5.41, 5.74) is 3.74. The van der Waals surface area contributed by atoms with Crippen LogP contribution >= 0.6 is 0 Å². The molecule has 3 heterocycles. The van der Waals surface area contributed by atoms with Gasteiger partial charge in [-0.1, -0.05) is 23.4 Å². The van der Waals surface area contributed by atoms with E-state index in [1.165, 1.54) is 4.90 Å². The van der Waals surface area contributed by atoms with E-state index < -0.39 is 17.7 Å². The Balaban J connectivity index is 1.48. The molecule has 1 aliphatic heterocycles. The first kappa shape index (κ1) is 29.7. The van der Waals surface area contributed by atoms with Crippen molar-refractivity contribution < 1.29 is 19.1 Å². The Kier molecular flexibility index (Phi) is 8.19. The maximum absolute atomic E-state index is 13.4. The monoisotopic (exact) mass is 561 g/mol. The molecule has 1 saturated heterocycles. The van der Waals surface area contributed by atoms with Crippen LogP contribution in [0.5, 0.6) is 0 Å². The quantitative estimate of drug-likeness (QED) is 0.476. The standard InChI is InChI=1S/C30H39N7O4/c1-19-15-20(9-10-21(19)16-32-26(38)23-18-37(34-33-23)29(2,3)4)22-11-13-31-17-25(22)36-14-12-24(27(36)39)35(8)28(40)41-30(5,6)7/h9-11,13,15,17-18,24H,12,14,16H2,1-8H3,(H,32,38). The predicted octanol–water partition coefficient (Wildman–Crippen LogP) is 4.31. The van der Waals surface area contributed by atoms with Gasteiger partial charge in [0.2, 0.25) is 5.91 Å². The Morgan fingerprint density at radius 1 is 1.15 bits per heavy atom. The second kappa shape index (κ2) is 11.3. The minimum atomic E-state index is -0.650. The molecule has 1 unspecified atom stereocenters. The smallest absolute Gasteiger partial charge is 0.410 e. The highest BCUT2D eigenvalue weighted by Crippen LogP contribution is 2.34. The van der Waals surface area contributed by atoms with Crippen LogP contribution in [0, 0.1) is 6.92 Å². The molecule has 0 bridgehead atoms. The number of rotatable bonds is 6. The SMILES string of the molecule is Cc1cc(-c2ccncc2N2CCC(N(C)C(=O)OC(C)(C)C)C2=O)ccc1CNC(=O)c1cn(C(C)(C)C)nn1. The molecule has 1 N–H and O–H groups in total. The van der Waals surface area contributed by atoms with Gasteiger partial charge in [0.05, 0.1) is 23.6 Å². The van der Waals surface area contributed by atoms with Gasteiger partial charge in [-0.05, 0) is 77.6 Å². The molecule has 1 fully saturated rings. The molecule has 1 aromatic carbocycles. The van der Waals surface area contributed by atoms with Crippen LogP contribution in [-0.4, -0.2) is 68.0 Å². The molecule has 2 aromatic heterocycles. The van der Waals surface area contributed by atoms with Crippen LogP contribution in [0.4, 0.5) is 10.5 Å². The van der Waals surface area contributed by atoms with Crippen molar-refractivity contribution in [1.82, 2.24) is 30.2 Å². The van der Waals surface area contributed by atoms with E-state index in [-0.39, 0.29) is 23.0 Å². The zero-order valence-electron chi connectivity index (χ0n) is 25.1. The predicted molar refractivity (Wildman–Crippen MR) is 155 cm³/mol. The van der Waals surface area contributed by atoms with Crippen molar-refractivity contribution >= 4 is 23.6 Å². The zero-order valence-corrected chi connectivity index (χ0v) is 25.1. The maximum Gasteiger partial charge on any atom is 0.410 e. The number of hydrogen-bond donors (Lipinski definition) is 1. The van der Waals surface area contributed by atoms with E-state index in [1.54, 1.807) is 56.0 Å². The molecule has 0 radical (unpaired) electrons. The first-order chi connectivity index (χ1) is 19.2. The minimum Gasteiger partial charge on any atom is -0.444 e. The van der Waals surface area contributed by atoms with Crippen LogP contribution in [0.25, 0.3) is 11.1 Å². The van der Waals surface area contributed by atoms with Gasteiger partial charge in [-0.25, -0.2) is 9.48 Å². The summed E-state index contributed by atoms with van der Waals surface area (Å²) >= 11 is 0. The molecule has 0 spiro atoms. The number of pyridine rings is 1. The topological polar surface area (TPSA) is 123 Å². The molecule has 0 aliphatic carbocycles. The molecule has 4 rings (SSSR count). The van der Waals surface area contributed by atoms with Crippen molar-refractivity contribution in [3.63, 3.8) is 0 Å². The number of aryl methyl sites for hydroxylation is 1. The number of carbonyl (C=O) groups excluding carboxylic acids is 3. The van der Waals surface area contributed by atoms with E-state index in [0.29, 0.717) is 25.2 Å². The molecule has 218 valence electrons. The van der Waals surface area contributed by atoms with Crippen molar-refractivity contribution in [2.45, 2.75) is 78.6 Å². The molecule has 41 heavy (non-hydrogen) atoms. The molecular weight excluding hydrogens is 522 g/mol. The summed E-state index contributed by atoms with van der Waals surface area (Å²) in [6, 6.07) is 7.22. The molecule has 3 aromatic rings. The maximum atomic E-state index is 13.4. The van der Waals surface area contributed by atoms with Gasteiger partial charge < -0.3 is 15.0 Å². The molecule has 11 nitrogen and oxygen atoms in total. The summed E-state index contributed by atoms with van der Waals surface area (Å²) in [5.74, 6) is -0.467. The van der Waals surface area contributed by atoms with Crippen molar-refractivity contribution in [2.75, 3.05) is 18.5 Å². The molecule has 1 aliphatic rings. The largest absolute Gasteiger partial charge is 0.444 e. The van der Waals surface area contributed by atoms with Gasteiger partial charge in [-0.3, -0.25) is 19.5 Å². The minimum absolute atomic E-state index is 0.174. The lowest BCUT2D eigenvalue weighted by molar-refractivity contribution is -0.121. The second-order valence-corrected chi connectivity index (χ2v) is 12.3. The van der Waals surface area contributed by atoms with Crippen molar-refractivity contribution in [1.29, 1.82) is 0 Å². The lowest BCUT2D eigenvalue weighted by atomic mass is 9.99. The van der Waals surface area contributed by atoms with Gasteiger partial charge in [0.1, 0.15) is 11.6 Å². The van der Waals surface area contributed by atoms with Gasteiger partial charge >= 0.3 is 6.09 Å². The van der Waals surface area contributed by atoms with E-state index in [1.807, 2.05) is 52.0 Å². The summed E-state index contributed by atoms with van der Waals surface area (Å²) < 4.78 is 7.13. The fourth-order valence-electron chi connectivity index (χ4n) is 4.59. The van der Waals surface area contributed by atoms with Gasteiger partial charge in [0.25, 0.3) is 5.91 Å². The summed E-state index contributed by atoms with van der Waals surface area (Å²) in [6.45, 7) is 14.1. The highest BCUT2D eigenvalue weighted by molar-refractivity contribution is 6.03. The van der Waals surface area contributed by atoms with E-state index in [2.05, 4.69) is 20.6 Å². The summed E-state index contributed by atoms with van der Waals surface area (Å²) in [6.07, 6.45) is 4.98. The van der Waals surface area contributed by atoms with Crippen molar-refractivity contribution in [3.05, 3.63) is 59.7 Å². The van der Waals surface area contributed by atoms with E-state index >= 15 is 0 Å². The Labute approximate surface area is 240 Å². The summed E-state index contributed by atoms with van der Waals surface area (Å²) in [4.78, 5) is 46.0. The number of carbonyl (C=O) groups is 3. The first-order valence-electron chi connectivity index (χ1n) is 13.7. The van der Waals surface area contributed by atoms with E-state index in [9.17, 15) is 14.4 Å². The van der Waals surface area contributed by atoms with Gasteiger partial charge in [0.15, 0.2) is 5.69 Å². The van der Waals surface area contributed by atoms with Gasteiger partial charge in [0, 0.05) is 31.9 Å². The van der Waals surface area contributed by atoms with Crippen LogP contribution in [0.15, 0.2) is 42.9 Å². The number of hydrogen-bond acceptors (Lipinski definition) is 7. The van der Waals surface area contributed by atoms with Crippen LogP contribution in [0.3, 0.4) is 0 Å².